The summed E-state index contributed by atoms with van der Waals surface area (Å²) in [6.07, 6.45) is 0. The molecule has 1 aromatic carbocycles. The van der Waals surface area contributed by atoms with Crippen molar-refractivity contribution in [2.75, 3.05) is 19.0 Å². The van der Waals surface area contributed by atoms with Crippen LogP contribution in [-0.4, -0.2) is 42.5 Å². The summed E-state index contributed by atoms with van der Waals surface area (Å²) >= 11 is 0. The Balaban J connectivity index is 2.66. The standard InChI is InChI=1S/C16H25N3O3/c1-11(2)19(12(3)20)9-13-5-7-14(8-6-13)18-16(21)15(17)10-22-4/h5-8,11,15H,9-10,17H2,1-4H3,(H,18,21). The fraction of sp³-hybridized carbons (Fsp3) is 0.500. The molecule has 0 saturated carbocycles. The SMILES string of the molecule is COCC(N)C(=O)Nc1ccc(CN(C(C)=O)C(C)C)cc1. The molecular weight excluding hydrogens is 282 g/mol. The van der Waals surface area contributed by atoms with E-state index in [0.29, 0.717) is 12.2 Å². The van der Waals surface area contributed by atoms with Gasteiger partial charge in [0, 0.05) is 32.3 Å². The van der Waals surface area contributed by atoms with E-state index in [1.54, 1.807) is 24.0 Å². The first-order valence-corrected chi connectivity index (χ1v) is 7.26. The second kappa shape index (κ2) is 8.51. The molecule has 6 nitrogen and oxygen atoms in total. The molecule has 0 heterocycles. The van der Waals surface area contributed by atoms with Gasteiger partial charge in [-0.05, 0) is 31.5 Å². The van der Waals surface area contributed by atoms with E-state index in [2.05, 4.69) is 5.32 Å². The summed E-state index contributed by atoms with van der Waals surface area (Å²) in [7, 11) is 1.50. The van der Waals surface area contributed by atoms with Gasteiger partial charge >= 0.3 is 0 Å². The Morgan fingerprint density at radius 2 is 1.86 bits per heavy atom. The van der Waals surface area contributed by atoms with Gasteiger partial charge in [-0.2, -0.15) is 0 Å². The smallest absolute Gasteiger partial charge is 0.243 e. The fourth-order valence-electron chi connectivity index (χ4n) is 2.04. The summed E-state index contributed by atoms with van der Waals surface area (Å²) in [6, 6.07) is 6.81. The van der Waals surface area contributed by atoms with Crippen molar-refractivity contribution in [2.45, 2.75) is 39.4 Å². The van der Waals surface area contributed by atoms with Crippen LogP contribution in [0.3, 0.4) is 0 Å². The van der Waals surface area contributed by atoms with Gasteiger partial charge in [0.25, 0.3) is 0 Å². The van der Waals surface area contributed by atoms with Crippen LogP contribution in [-0.2, 0) is 20.9 Å². The molecule has 0 aliphatic carbocycles. The van der Waals surface area contributed by atoms with E-state index >= 15 is 0 Å². The van der Waals surface area contributed by atoms with E-state index in [9.17, 15) is 9.59 Å². The second-order valence-electron chi connectivity index (χ2n) is 5.49. The Kier molecular flexibility index (Phi) is 7.01. The van der Waals surface area contributed by atoms with Crippen LogP contribution in [0.5, 0.6) is 0 Å². The molecule has 1 unspecified atom stereocenters. The van der Waals surface area contributed by atoms with Crippen molar-refractivity contribution in [1.82, 2.24) is 4.90 Å². The summed E-state index contributed by atoms with van der Waals surface area (Å²) in [5.74, 6) is -0.250. The molecule has 0 aliphatic heterocycles. The molecular formula is C16H25N3O3. The quantitative estimate of drug-likeness (QED) is 0.796. The van der Waals surface area contributed by atoms with Gasteiger partial charge in [-0.3, -0.25) is 9.59 Å². The summed E-state index contributed by atoms with van der Waals surface area (Å²) < 4.78 is 4.85. The van der Waals surface area contributed by atoms with Crippen LogP contribution in [0.25, 0.3) is 0 Å². The zero-order valence-electron chi connectivity index (χ0n) is 13.6. The third-order valence-electron chi connectivity index (χ3n) is 3.29. The number of anilines is 1. The summed E-state index contributed by atoms with van der Waals surface area (Å²) in [5, 5.41) is 2.73. The van der Waals surface area contributed by atoms with Crippen molar-refractivity contribution in [3.05, 3.63) is 29.8 Å². The number of nitrogens with one attached hydrogen (secondary N) is 1. The molecule has 3 N–H and O–H groups in total. The third-order valence-corrected chi connectivity index (χ3v) is 3.29. The Morgan fingerprint density at radius 1 is 1.27 bits per heavy atom. The van der Waals surface area contributed by atoms with E-state index in [1.165, 1.54) is 7.11 Å². The lowest BCUT2D eigenvalue weighted by atomic mass is 10.1. The van der Waals surface area contributed by atoms with E-state index in [4.69, 9.17) is 10.5 Å². The molecule has 0 bridgehead atoms. The molecule has 0 spiro atoms. The number of carbonyl (C=O) groups is 2. The van der Waals surface area contributed by atoms with Crippen molar-refractivity contribution in [1.29, 1.82) is 0 Å². The molecule has 0 radical (unpaired) electrons. The monoisotopic (exact) mass is 307 g/mol. The number of nitrogens with zero attached hydrogens (tertiary/aromatic N) is 1. The van der Waals surface area contributed by atoms with E-state index in [1.807, 2.05) is 26.0 Å². The summed E-state index contributed by atoms with van der Waals surface area (Å²) in [6.45, 7) is 6.24. The summed E-state index contributed by atoms with van der Waals surface area (Å²) in [4.78, 5) is 25.1. The Bertz CT molecular complexity index is 500. The van der Waals surface area contributed by atoms with Gasteiger partial charge in [-0.15, -0.1) is 0 Å². The number of hydrogen-bond donors (Lipinski definition) is 2. The predicted octanol–water partition coefficient (Wildman–Crippen LogP) is 1.36. The number of benzene rings is 1. The first-order valence-electron chi connectivity index (χ1n) is 7.26. The highest BCUT2D eigenvalue weighted by Gasteiger charge is 2.14. The molecule has 0 saturated heterocycles. The first-order chi connectivity index (χ1) is 10.3. The lowest BCUT2D eigenvalue weighted by Crippen LogP contribution is -2.39. The Labute approximate surface area is 131 Å². The van der Waals surface area contributed by atoms with Gasteiger partial charge in [-0.1, -0.05) is 12.1 Å². The molecule has 0 aromatic heterocycles. The second-order valence-corrected chi connectivity index (χ2v) is 5.49. The molecule has 2 amide bonds. The van der Waals surface area contributed by atoms with Crippen LogP contribution in [0.15, 0.2) is 24.3 Å². The molecule has 122 valence electrons. The van der Waals surface area contributed by atoms with Crippen molar-refractivity contribution in [2.24, 2.45) is 5.73 Å². The third kappa shape index (κ3) is 5.46. The van der Waals surface area contributed by atoms with Crippen LogP contribution < -0.4 is 11.1 Å². The first kappa shape index (κ1) is 18.1. The molecule has 22 heavy (non-hydrogen) atoms. The maximum absolute atomic E-state index is 11.8. The van der Waals surface area contributed by atoms with Gasteiger partial charge in [0.1, 0.15) is 6.04 Å². The molecule has 6 heteroatoms. The minimum Gasteiger partial charge on any atom is -0.383 e. The highest BCUT2D eigenvalue weighted by molar-refractivity contribution is 5.94. The lowest BCUT2D eigenvalue weighted by Gasteiger charge is -2.25. The van der Waals surface area contributed by atoms with Gasteiger partial charge in [0.15, 0.2) is 0 Å². The highest BCUT2D eigenvalue weighted by atomic mass is 16.5. The van der Waals surface area contributed by atoms with Gasteiger partial charge in [-0.25, -0.2) is 0 Å². The number of hydrogen-bond acceptors (Lipinski definition) is 4. The zero-order valence-corrected chi connectivity index (χ0v) is 13.6. The van der Waals surface area contributed by atoms with Crippen molar-refractivity contribution < 1.29 is 14.3 Å². The van der Waals surface area contributed by atoms with Crippen LogP contribution in [0, 0.1) is 0 Å². The predicted molar refractivity (Wildman–Crippen MR) is 86.3 cm³/mol. The number of ether oxygens (including phenoxy) is 1. The largest absolute Gasteiger partial charge is 0.383 e. The number of amides is 2. The molecule has 0 aliphatic rings. The molecule has 1 aromatic rings. The maximum atomic E-state index is 11.8. The molecule has 0 fully saturated rings. The number of nitrogens with two attached hydrogens (primary N) is 1. The van der Waals surface area contributed by atoms with Crippen LogP contribution in [0.1, 0.15) is 26.3 Å². The average Bonchev–Trinajstić information content (AvgIpc) is 2.45. The van der Waals surface area contributed by atoms with Crippen LogP contribution in [0.2, 0.25) is 0 Å². The Morgan fingerprint density at radius 3 is 2.32 bits per heavy atom. The van der Waals surface area contributed by atoms with E-state index in [-0.39, 0.29) is 24.5 Å². The van der Waals surface area contributed by atoms with Crippen LogP contribution in [0.4, 0.5) is 5.69 Å². The van der Waals surface area contributed by atoms with Crippen molar-refractivity contribution in [3.8, 4) is 0 Å². The van der Waals surface area contributed by atoms with Crippen LogP contribution >= 0.6 is 0 Å². The van der Waals surface area contributed by atoms with Crippen molar-refractivity contribution >= 4 is 17.5 Å². The average molecular weight is 307 g/mol. The summed E-state index contributed by atoms with van der Waals surface area (Å²) in [5.41, 5.74) is 7.33. The fourth-order valence-corrected chi connectivity index (χ4v) is 2.04. The topological polar surface area (TPSA) is 84.7 Å². The number of carbonyl (C=O) groups excluding carboxylic acids is 2. The van der Waals surface area contributed by atoms with E-state index in [0.717, 1.165) is 5.56 Å². The molecule has 1 rings (SSSR count). The minimum absolute atomic E-state index is 0.0397. The molecule has 1 atom stereocenters. The van der Waals surface area contributed by atoms with Gasteiger partial charge in [0.05, 0.1) is 6.61 Å². The number of methoxy groups -OCH3 is 1. The van der Waals surface area contributed by atoms with Gasteiger partial charge in [0.2, 0.25) is 11.8 Å². The van der Waals surface area contributed by atoms with Crippen molar-refractivity contribution in [3.63, 3.8) is 0 Å². The van der Waals surface area contributed by atoms with E-state index < -0.39 is 6.04 Å². The van der Waals surface area contributed by atoms with Gasteiger partial charge < -0.3 is 20.7 Å². The number of rotatable bonds is 7. The minimum atomic E-state index is -0.696. The lowest BCUT2D eigenvalue weighted by molar-refractivity contribution is -0.131. The Hall–Kier alpha value is -1.92. The maximum Gasteiger partial charge on any atom is 0.243 e. The zero-order chi connectivity index (χ0) is 16.7. The normalized spacial score (nSPS) is 12.1. The highest BCUT2D eigenvalue weighted by Crippen LogP contribution is 2.13.